The van der Waals surface area contributed by atoms with Crippen LogP contribution in [0.25, 0.3) is 0 Å². The lowest BCUT2D eigenvalue weighted by Crippen LogP contribution is -2.10. The molecule has 1 saturated carbocycles. The lowest BCUT2D eigenvalue weighted by Gasteiger charge is -2.02. The van der Waals surface area contributed by atoms with Crippen molar-refractivity contribution in [1.29, 1.82) is 0 Å². The Hall–Kier alpha value is -0.500. The Labute approximate surface area is 49.5 Å². The van der Waals surface area contributed by atoms with Crippen LogP contribution in [-0.4, -0.2) is 7.11 Å². The molecule has 0 aromatic heterocycles. The van der Waals surface area contributed by atoms with E-state index in [1.807, 2.05) is 0 Å². The van der Waals surface area contributed by atoms with Crippen molar-refractivity contribution in [2.75, 3.05) is 7.11 Å². The molecule has 0 aromatic carbocycles. The maximum Gasteiger partial charge on any atom is 0.0636 e. The number of allylic oxidation sites excluding steroid dienone is 1. The predicted molar refractivity (Wildman–Crippen MR) is 32.0 cm³/mol. The second-order valence-corrected chi connectivity index (χ2v) is 2.11. The number of nitrogens with one attached hydrogen (secondary N) is 1. The Kier molecular flexibility index (Phi) is 1.53. The van der Waals surface area contributed by atoms with Crippen LogP contribution in [0.15, 0.2) is 12.3 Å². The van der Waals surface area contributed by atoms with Crippen molar-refractivity contribution in [2.45, 2.75) is 12.8 Å². The highest BCUT2D eigenvalue weighted by atomic mass is 16.6. The topological polar surface area (TPSA) is 21.3 Å². The maximum atomic E-state index is 4.66. The van der Waals surface area contributed by atoms with Gasteiger partial charge in [0.05, 0.1) is 7.11 Å². The standard InChI is InChI=1S/C6H11NO/c1-5(7-8-2)6-3-4-6/h6-7H,1,3-4H2,2H3. The fourth-order valence-electron chi connectivity index (χ4n) is 0.646. The van der Waals surface area contributed by atoms with Crippen LogP contribution in [0.1, 0.15) is 12.8 Å². The van der Waals surface area contributed by atoms with Crippen molar-refractivity contribution < 1.29 is 4.84 Å². The van der Waals surface area contributed by atoms with Gasteiger partial charge in [-0.2, -0.15) is 0 Å². The van der Waals surface area contributed by atoms with Gasteiger partial charge in [0.2, 0.25) is 0 Å². The van der Waals surface area contributed by atoms with Gasteiger partial charge >= 0.3 is 0 Å². The summed E-state index contributed by atoms with van der Waals surface area (Å²) in [6.45, 7) is 3.77. The molecule has 2 nitrogen and oxygen atoms in total. The lowest BCUT2D eigenvalue weighted by molar-refractivity contribution is 0.114. The Morgan fingerprint density at radius 2 is 2.38 bits per heavy atom. The van der Waals surface area contributed by atoms with Crippen LogP contribution in [0, 0.1) is 5.92 Å². The van der Waals surface area contributed by atoms with Gasteiger partial charge in [-0.1, -0.05) is 6.58 Å². The van der Waals surface area contributed by atoms with E-state index in [1.165, 1.54) is 12.8 Å². The first-order chi connectivity index (χ1) is 3.84. The summed E-state index contributed by atoms with van der Waals surface area (Å²) in [5, 5.41) is 0. The van der Waals surface area contributed by atoms with Crippen molar-refractivity contribution >= 4 is 0 Å². The molecular formula is C6H11NO. The second-order valence-electron chi connectivity index (χ2n) is 2.11. The molecule has 2 heteroatoms. The first-order valence-corrected chi connectivity index (χ1v) is 2.82. The zero-order valence-electron chi connectivity index (χ0n) is 5.11. The Morgan fingerprint density at radius 3 is 2.75 bits per heavy atom. The largest absolute Gasteiger partial charge is 0.280 e. The number of hydroxylamine groups is 1. The first-order valence-electron chi connectivity index (χ1n) is 2.82. The molecule has 1 aliphatic carbocycles. The van der Waals surface area contributed by atoms with Crippen LogP contribution < -0.4 is 5.48 Å². The molecule has 1 fully saturated rings. The Bertz CT molecular complexity index is 96.7. The summed E-state index contributed by atoms with van der Waals surface area (Å²) in [6, 6.07) is 0. The summed E-state index contributed by atoms with van der Waals surface area (Å²) in [7, 11) is 1.60. The van der Waals surface area contributed by atoms with Crippen LogP contribution in [0.4, 0.5) is 0 Å². The molecule has 0 aliphatic heterocycles. The van der Waals surface area contributed by atoms with Gasteiger partial charge in [0.25, 0.3) is 0 Å². The van der Waals surface area contributed by atoms with Gasteiger partial charge in [0.1, 0.15) is 0 Å². The van der Waals surface area contributed by atoms with E-state index in [4.69, 9.17) is 0 Å². The molecule has 0 saturated heterocycles. The van der Waals surface area contributed by atoms with Crippen LogP contribution >= 0.6 is 0 Å². The fraction of sp³-hybridized carbons (Fsp3) is 0.667. The third-order valence-corrected chi connectivity index (χ3v) is 1.30. The van der Waals surface area contributed by atoms with Gasteiger partial charge in [-0.05, 0) is 12.8 Å². The van der Waals surface area contributed by atoms with E-state index in [0.717, 1.165) is 5.70 Å². The van der Waals surface area contributed by atoms with E-state index in [0.29, 0.717) is 5.92 Å². The minimum Gasteiger partial charge on any atom is -0.280 e. The molecule has 0 atom stereocenters. The maximum absolute atomic E-state index is 4.66. The molecule has 0 aromatic rings. The molecule has 1 N–H and O–H groups in total. The van der Waals surface area contributed by atoms with E-state index in [-0.39, 0.29) is 0 Å². The summed E-state index contributed by atoms with van der Waals surface area (Å²) in [5.41, 5.74) is 3.73. The SMILES string of the molecule is C=C(NOC)C1CC1. The number of rotatable bonds is 3. The summed E-state index contributed by atoms with van der Waals surface area (Å²) in [6.07, 6.45) is 2.55. The van der Waals surface area contributed by atoms with Crippen LogP contribution in [0.3, 0.4) is 0 Å². The highest BCUT2D eigenvalue weighted by Gasteiger charge is 2.24. The monoisotopic (exact) mass is 113 g/mol. The third kappa shape index (κ3) is 1.23. The average Bonchev–Trinajstić information content (AvgIpc) is 2.45. The highest BCUT2D eigenvalue weighted by molar-refractivity contribution is 5.02. The summed E-state index contributed by atoms with van der Waals surface area (Å²) < 4.78 is 0. The molecule has 0 heterocycles. The van der Waals surface area contributed by atoms with Gasteiger partial charge < -0.3 is 0 Å². The lowest BCUT2D eigenvalue weighted by atomic mass is 10.3. The van der Waals surface area contributed by atoms with Crippen LogP contribution in [-0.2, 0) is 4.84 Å². The second kappa shape index (κ2) is 2.18. The van der Waals surface area contributed by atoms with Gasteiger partial charge in [0, 0.05) is 11.6 Å². The molecule has 0 spiro atoms. The predicted octanol–water partition coefficient (Wildman–Crippen LogP) is 1.06. The van der Waals surface area contributed by atoms with Gasteiger partial charge in [-0.3, -0.25) is 10.3 Å². The zero-order valence-corrected chi connectivity index (χ0v) is 5.11. The fourth-order valence-corrected chi connectivity index (χ4v) is 0.646. The van der Waals surface area contributed by atoms with Gasteiger partial charge in [-0.25, -0.2) is 0 Å². The normalized spacial score (nSPS) is 18.1. The Morgan fingerprint density at radius 1 is 1.75 bits per heavy atom. The first kappa shape index (κ1) is 5.63. The molecule has 0 amide bonds. The average molecular weight is 113 g/mol. The molecule has 46 valence electrons. The summed E-state index contributed by atoms with van der Waals surface area (Å²) >= 11 is 0. The summed E-state index contributed by atoms with van der Waals surface area (Å²) in [5.74, 6) is 0.690. The molecule has 0 radical (unpaired) electrons. The quantitative estimate of drug-likeness (QED) is 0.552. The number of hydrogen-bond donors (Lipinski definition) is 1. The summed E-state index contributed by atoms with van der Waals surface area (Å²) in [4.78, 5) is 4.66. The Balaban J connectivity index is 2.13. The van der Waals surface area contributed by atoms with Crippen molar-refractivity contribution in [3.05, 3.63) is 12.3 Å². The molecule has 1 aliphatic rings. The molecule has 0 bridgehead atoms. The van der Waals surface area contributed by atoms with Crippen LogP contribution in [0.5, 0.6) is 0 Å². The molecule has 1 rings (SSSR count). The highest BCUT2D eigenvalue weighted by Crippen LogP contribution is 2.33. The minimum atomic E-state index is 0.690. The minimum absolute atomic E-state index is 0.690. The van der Waals surface area contributed by atoms with Gasteiger partial charge in [0.15, 0.2) is 0 Å². The van der Waals surface area contributed by atoms with Gasteiger partial charge in [-0.15, -0.1) is 0 Å². The number of hydrogen-bond acceptors (Lipinski definition) is 2. The third-order valence-electron chi connectivity index (χ3n) is 1.30. The van der Waals surface area contributed by atoms with Crippen molar-refractivity contribution in [3.8, 4) is 0 Å². The van der Waals surface area contributed by atoms with Crippen molar-refractivity contribution in [1.82, 2.24) is 5.48 Å². The smallest absolute Gasteiger partial charge is 0.0636 e. The van der Waals surface area contributed by atoms with Crippen molar-refractivity contribution in [3.63, 3.8) is 0 Å². The van der Waals surface area contributed by atoms with E-state index >= 15 is 0 Å². The van der Waals surface area contributed by atoms with E-state index in [9.17, 15) is 0 Å². The molecule has 8 heavy (non-hydrogen) atoms. The molecular weight excluding hydrogens is 102 g/mol. The van der Waals surface area contributed by atoms with Crippen molar-refractivity contribution in [2.24, 2.45) is 5.92 Å². The molecule has 0 unspecified atom stereocenters. The van der Waals surface area contributed by atoms with Crippen LogP contribution in [0.2, 0.25) is 0 Å². The zero-order chi connectivity index (χ0) is 5.98. The van der Waals surface area contributed by atoms with E-state index < -0.39 is 0 Å². The van der Waals surface area contributed by atoms with E-state index in [2.05, 4.69) is 16.9 Å². The van der Waals surface area contributed by atoms with E-state index in [1.54, 1.807) is 7.11 Å².